The lowest BCUT2D eigenvalue weighted by atomic mass is 9.88. The molecule has 0 radical (unpaired) electrons. The number of carbonyl (C=O) groups excluding carboxylic acids is 1. The Kier molecular flexibility index (Phi) is 5.79. The Morgan fingerprint density at radius 1 is 1.03 bits per heavy atom. The number of hydrogen-bond acceptors (Lipinski definition) is 5. The quantitative estimate of drug-likeness (QED) is 0.605. The number of benzene rings is 1. The second-order valence-electron chi connectivity index (χ2n) is 8.84. The number of nitrogens with zero attached hydrogens (tertiary/aromatic N) is 3. The van der Waals surface area contributed by atoms with Crippen LogP contribution in [0.3, 0.4) is 0 Å². The van der Waals surface area contributed by atoms with Crippen LogP contribution in [0.25, 0.3) is 10.8 Å². The van der Waals surface area contributed by atoms with Crippen LogP contribution < -0.4 is 15.0 Å². The monoisotopic (exact) mass is 447 g/mol. The number of pyridine rings is 2. The molecule has 33 heavy (non-hydrogen) atoms. The zero-order chi connectivity index (χ0) is 22.9. The summed E-state index contributed by atoms with van der Waals surface area (Å²) in [6.07, 6.45) is 11.3. The van der Waals surface area contributed by atoms with Crippen molar-refractivity contribution in [3.63, 3.8) is 0 Å². The molecule has 0 saturated carbocycles. The molecule has 1 aliphatic carbocycles. The largest absolute Gasteiger partial charge is 0.493 e. The Hall–Kier alpha value is -3.35. The van der Waals surface area contributed by atoms with E-state index in [2.05, 4.69) is 4.98 Å². The van der Waals surface area contributed by atoms with Crippen molar-refractivity contribution >= 4 is 16.7 Å². The van der Waals surface area contributed by atoms with Crippen molar-refractivity contribution in [3.05, 3.63) is 63.8 Å². The van der Waals surface area contributed by atoms with E-state index in [0.717, 1.165) is 57.2 Å². The van der Waals surface area contributed by atoms with Crippen LogP contribution >= 0.6 is 0 Å². The van der Waals surface area contributed by atoms with Gasteiger partial charge in [0.05, 0.1) is 31.2 Å². The molecule has 1 atom stereocenters. The van der Waals surface area contributed by atoms with E-state index in [4.69, 9.17) is 9.47 Å². The summed E-state index contributed by atoms with van der Waals surface area (Å²) in [5.74, 6) is 0.937. The van der Waals surface area contributed by atoms with Crippen LogP contribution in [-0.4, -0.2) is 47.7 Å². The molecule has 1 fully saturated rings. The van der Waals surface area contributed by atoms with E-state index in [9.17, 15) is 9.59 Å². The highest BCUT2D eigenvalue weighted by atomic mass is 16.5. The van der Waals surface area contributed by atoms with E-state index in [1.165, 1.54) is 5.56 Å². The van der Waals surface area contributed by atoms with Crippen LogP contribution in [0, 0.1) is 0 Å². The van der Waals surface area contributed by atoms with Gasteiger partial charge in [-0.2, -0.15) is 0 Å². The summed E-state index contributed by atoms with van der Waals surface area (Å²) in [4.78, 5) is 33.7. The minimum Gasteiger partial charge on any atom is -0.493 e. The number of likely N-dealkylation sites (tertiary alicyclic amines) is 1. The Morgan fingerprint density at radius 2 is 1.76 bits per heavy atom. The first-order valence-electron chi connectivity index (χ1n) is 11.6. The summed E-state index contributed by atoms with van der Waals surface area (Å²) < 4.78 is 12.7. The normalized spacial score (nSPS) is 18.1. The zero-order valence-corrected chi connectivity index (χ0v) is 19.2. The van der Waals surface area contributed by atoms with E-state index in [1.807, 2.05) is 17.2 Å². The number of rotatable bonds is 4. The van der Waals surface area contributed by atoms with Gasteiger partial charge in [-0.15, -0.1) is 0 Å². The van der Waals surface area contributed by atoms with Crippen LogP contribution in [0.2, 0.25) is 0 Å². The lowest BCUT2D eigenvalue weighted by Crippen LogP contribution is -2.37. The van der Waals surface area contributed by atoms with Gasteiger partial charge >= 0.3 is 0 Å². The molecule has 0 bridgehead atoms. The average molecular weight is 448 g/mol. The van der Waals surface area contributed by atoms with Gasteiger partial charge in [-0.25, -0.2) is 0 Å². The Labute approximate surface area is 192 Å². The van der Waals surface area contributed by atoms with Crippen molar-refractivity contribution in [2.45, 2.75) is 44.6 Å². The Morgan fingerprint density at radius 3 is 2.48 bits per heavy atom. The van der Waals surface area contributed by atoms with Gasteiger partial charge in [0, 0.05) is 37.1 Å². The van der Waals surface area contributed by atoms with Gasteiger partial charge in [0.25, 0.3) is 11.5 Å². The molecule has 1 aliphatic heterocycles. The molecule has 2 aromatic heterocycles. The minimum atomic E-state index is -0.152. The molecule has 0 N–H and O–H groups in total. The third-order valence-corrected chi connectivity index (χ3v) is 6.99. The van der Waals surface area contributed by atoms with Crippen LogP contribution in [0.5, 0.6) is 11.5 Å². The van der Waals surface area contributed by atoms with Crippen molar-refractivity contribution in [2.24, 2.45) is 0 Å². The van der Waals surface area contributed by atoms with Crippen molar-refractivity contribution in [2.75, 3.05) is 27.3 Å². The number of piperidine rings is 1. The summed E-state index contributed by atoms with van der Waals surface area (Å²) in [5.41, 5.74) is 2.66. The SMILES string of the molecule is COc1cc2c(C(=O)N3CCCCC3)cn(C3CCCc4ccncc43)c(=O)c2cc1OC. The van der Waals surface area contributed by atoms with E-state index < -0.39 is 0 Å². The number of fused-ring (bicyclic) bond motifs is 2. The number of carbonyl (C=O) groups is 1. The third kappa shape index (κ3) is 3.75. The highest BCUT2D eigenvalue weighted by Crippen LogP contribution is 2.36. The van der Waals surface area contributed by atoms with Crippen LogP contribution in [0.15, 0.2) is 41.6 Å². The fourth-order valence-corrected chi connectivity index (χ4v) is 5.25. The van der Waals surface area contributed by atoms with Gasteiger partial charge in [-0.05, 0) is 67.9 Å². The molecule has 7 heteroatoms. The topological polar surface area (TPSA) is 73.7 Å². The maximum atomic E-state index is 13.8. The summed E-state index contributed by atoms with van der Waals surface area (Å²) in [7, 11) is 3.11. The van der Waals surface area contributed by atoms with E-state index in [0.29, 0.717) is 27.8 Å². The van der Waals surface area contributed by atoms with Crippen molar-refractivity contribution in [3.8, 4) is 11.5 Å². The van der Waals surface area contributed by atoms with E-state index >= 15 is 0 Å². The number of ether oxygens (including phenoxy) is 2. The smallest absolute Gasteiger partial charge is 0.259 e. The first kappa shape index (κ1) is 21.5. The fraction of sp³-hybridized carbons (Fsp3) is 0.423. The van der Waals surface area contributed by atoms with Gasteiger partial charge in [0.15, 0.2) is 11.5 Å². The van der Waals surface area contributed by atoms with Gasteiger partial charge < -0.3 is 18.9 Å². The van der Waals surface area contributed by atoms with E-state index in [1.54, 1.807) is 43.3 Å². The molecule has 2 aliphatic rings. The van der Waals surface area contributed by atoms with Gasteiger partial charge in [-0.3, -0.25) is 14.6 Å². The van der Waals surface area contributed by atoms with Gasteiger partial charge in [0.2, 0.25) is 0 Å². The molecule has 7 nitrogen and oxygen atoms in total. The summed E-state index contributed by atoms with van der Waals surface area (Å²) in [5, 5.41) is 1.07. The number of aryl methyl sites for hydroxylation is 1. The second kappa shape index (κ2) is 8.89. The van der Waals surface area contributed by atoms with Gasteiger partial charge in [0.1, 0.15) is 0 Å². The van der Waals surface area contributed by atoms with Crippen LogP contribution in [0.4, 0.5) is 0 Å². The van der Waals surface area contributed by atoms with E-state index in [-0.39, 0.29) is 17.5 Å². The minimum absolute atomic E-state index is 0.0390. The molecule has 172 valence electrons. The van der Waals surface area contributed by atoms with Crippen LogP contribution in [-0.2, 0) is 6.42 Å². The second-order valence-corrected chi connectivity index (χ2v) is 8.84. The maximum Gasteiger partial charge on any atom is 0.259 e. The predicted molar refractivity (Wildman–Crippen MR) is 126 cm³/mol. The molecule has 1 saturated heterocycles. The lowest BCUT2D eigenvalue weighted by molar-refractivity contribution is 0.0725. The number of amides is 1. The average Bonchev–Trinajstić information content (AvgIpc) is 2.88. The number of methoxy groups -OCH3 is 2. The van der Waals surface area contributed by atoms with Gasteiger partial charge in [-0.1, -0.05) is 0 Å². The molecule has 5 rings (SSSR count). The highest BCUT2D eigenvalue weighted by molar-refractivity contribution is 6.07. The molecule has 1 aromatic carbocycles. The third-order valence-electron chi connectivity index (χ3n) is 6.99. The Balaban J connectivity index is 1.75. The standard InChI is InChI=1S/C26H29N3O4/c1-32-23-13-18-19(14-24(23)33-2)26(31)29(16-21(18)25(30)28-11-4-3-5-12-28)22-8-6-7-17-9-10-27-15-20(17)22/h9-10,13-16,22H,3-8,11-12H2,1-2H3. The molecule has 1 unspecified atom stereocenters. The van der Waals surface area contributed by atoms with Crippen molar-refractivity contribution < 1.29 is 14.3 Å². The maximum absolute atomic E-state index is 13.8. The lowest BCUT2D eigenvalue weighted by Gasteiger charge is -2.30. The molecule has 3 heterocycles. The summed E-state index contributed by atoms with van der Waals surface area (Å²) in [6.45, 7) is 1.48. The van der Waals surface area contributed by atoms with Crippen molar-refractivity contribution in [1.82, 2.24) is 14.5 Å². The van der Waals surface area contributed by atoms with Crippen LogP contribution in [0.1, 0.15) is 59.6 Å². The molecular weight excluding hydrogens is 418 g/mol. The summed E-state index contributed by atoms with van der Waals surface area (Å²) in [6, 6.07) is 5.34. The first-order chi connectivity index (χ1) is 16.1. The predicted octanol–water partition coefficient (Wildman–Crippen LogP) is 3.97. The molecular formula is C26H29N3O4. The summed E-state index contributed by atoms with van der Waals surface area (Å²) >= 11 is 0. The zero-order valence-electron chi connectivity index (χ0n) is 19.2. The number of aromatic nitrogens is 2. The highest BCUT2D eigenvalue weighted by Gasteiger charge is 2.28. The van der Waals surface area contributed by atoms with Crippen molar-refractivity contribution in [1.29, 1.82) is 0 Å². The first-order valence-corrected chi connectivity index (χ1v) is 11.6. The fourth-order valence-electron chi connectivity index (χ4n) is 5.25. The molecule has 1 amide bonds. The number of hydrogen-bond donors (Lipinski definition) is 0. The Bertz CT molecular complexity index is 1260. The molecule has 0 spiro atoms. The molecule has 3 aromatic rings.